The highest BCUT2D eigenvalue weighted by Crippen LogP contribution is 2.21. The first-order valence-electron chi connectivity index (χ1n) is 6.86. The fourth-order valence-corrected chi connectivity index (χ4v) is 2.12. The minimum absolute atomic E-state index is 0.428. The molecule has 0 saturated heterocycles. The Hall–Kier alpha value is -2.62. The molecule has 106 valence electrons. The monoisotopic (exact) mass is 280 g/mol. The maximum atomic E-state index is 5.70. The SMILES string of the molecule is Cc1ccccc1OCCOc1nncc2ccccc12. The largest absolute Gasteiger partial charge is 0.490 e. The fraction of sp³-hybridized carbons (Fsp3) is 0.176. The number of rotatable bonds is 5. The van der Waals surface area contributed by atoms with E-state index in [0.29, 0.717) is 19.1 Å². The lowest BCUT2D eigenvalue weighted by Crippen LogP contribution is -2.10. The summed E-state index contributed by atoms with van der Waals surface area (Å²) in [4.78, 5) is 0. The molecule has 0 radical (unpaired) electrons. The molecule has 0 aliphatic carbocycles. The lowest BCUT2D eigenvalue weighted by Gasteiger charge is -2.10. The fourth-order valence-electron chi connectivity index (χ4n) is 2.12. The van der Waals surface area contributed by atoms with Gasteiger partial charge in [0.2, 0.25) is 5.88 Å². The lowest BCUT2D eigenvalue weighted by molar-refractivity contribution is 0.211. The first-order chi connectivity index (χ1) is 10.3. The minimum atomic E-state index is 0.428. The van der Waals surface area contributed by atoms with E-state index in [-0.39, 0.29) is 0 Å². The summed E-state index contributed by atoms with van der Waals surface area (Å²) in [6.07, 6.45) is 1.73. The van der Waals surface area contributed by atoms with E-state index in [2.05, 4.69) is 10.2 Å². The molecule has 0 amide bonds. The van der Waals surface area contributed by atoms with Crippen LogP contribution in [0.3, 0.4) is 0 Å². The van der Waals surface area contributed by atoms with Gasteiger partial charge in [0.15, 0.2) is 0 Å². The van der Waals surface area contributed by atoms with Crippen LogP contribution in [0.25, 0.3) is 10.8 Å². The molecule has 0 spiro atoms. The van der Waals surface area contributed by atoms with Crippen molar-refractivity contribution in [3.05, 3.63) is 60.3 Å². The number of hydrogen-bond acceptors (Lipinski definition) is 4. The second-order valence-electron chi connectivity index (χ2n) is 4.70. The van der Waals surface area contributed by atoms with Gasteiger partial charge in [0.05, 0.1) is 6.20 Å². The predicted octanol–water partition coefficient (Wildman–Crippen LogP) is 3.40. The van der Waals surface area contributed by atoms with Crippen molar-refractivity contribution in [1.82, 2.24) is 10.2 Å². The Morgan fingerprint density at radius 1 is 0.905 bits per heavy atom. The van der Waals surface area contributed by atoms with E-state index in [1.165, 1.54) is 0 Å². The molecular formula is C17H16N2O2. The van der Waals surface area contributed by atoms with E-state index in [1.807, 2.05) is 55.5 Å². The van der Waals surface area contributed by atoms with Crippen molar-refractivity contribution in [2.24, 2.45) is 0 Å². The van der Waals surface area contributed by atoms with E-state index >= 15 is 0 Å². The molecule has 4 nitrogen and oxygen atoms in total. The van der Waals surface area contributed by atoms with Crippen molar-refractivity contribution in [2.45, 2.75) is 6.92 Å². The second-order valence-corrected chi connectivity index (χ2v) is 4.70. The summed E-state index contributed by atoms with van der Waals surface area (Å²) in [5.74, 6) is 1.42. The van der Waals surface area contributed by atoms with Gasteiger partial charge in [-0.25, -0.2) is 0 Å². The Balaban J connectivity index is 1.61. The van der Waals surface area contributed by atoms with Gasteiger partial charge in [0, 0.05) is 10.8 Å². The molecule has 4 heteroatoms. The van der Waals surface area contributed by atoms with Gasteiger partial charge in [-0.3, -0.25) is 0 Å². The van der Waals surface area contributed by atoms with Crippen molar-refractivity contribution in [2.75, 3.05) is 13.2 Å². The smallest absolute Gasteiger partial charge is 0.241 e. The molecule has 0 unspecified atom stereocenters. The van der Waals surface area contributed by atoms with Gasteiger partial charge in [-0.1, -0.05) is 36.4 Å². The molecule has 0 aliphatic rings. The molecule has 0 fully saturated rings. The second kappa shape index (κ2) is 6.22. The highest BCUT2D eigenvalue weighted by molar-refractivity contribution is 5.85. The maximum absolute atomic E-state index is 5.70. The van der Waals surface area contributed by atoms with Crippen LogP contribution in [0.4, 0.5) is 0 Å². The summed E-state index contributed by atoms with van der Waals surface area (Å²) in [6.45, 7) is 2.92. The van der Waals surface area contributed by atoms with Crippen molar-refractivity contribution in [1.29, 1.82) is 0 Å². The van der Waals surface area contributed by atoms with Crippen molar-refractivity contribution in [3.63, 3.8) is 0 Å². The summed E-state index contributed by atoms with van der Waals surface area (Å²) in [5, 5.41) is 9.97. The zero-order valence-electron chi connectivity index (χ0n) is 11.8. The van der Waals surface area contributed by atoms with Crippen molar-refractivity contribution < 1.29 is 9.47 Å². The van der Waals surface area contributed by atoms with Gasteiger partial charge in [0.1, 0.15) is 19.0 Å². The lowest BCUT2D eigenvalue weighted by atomic mass is 10.2. The van der Waals surface area contributed by atoms with Gasteiger partial charge in [-0.2, -0.15) is 5.10 Å². The molecule has 1 aromatic heterocycles. The summed E-state index contributed by atoms with van der Waals surface area (Å²) >= 11 is 0. The van der Waals surface area contributed by atoms with E-state index in [1.54, 1.807) is 6.20 Å². The van der Waals surface area contributed by atoms with Gasteiger partial charge in [0.25, 0.3) is 0 Å². The van der Waals surface area contributed by atoms with Gasteiger partial charge in [-0.15, -0.1) is 5.10 Å². The third-order valence-electron chi connectivity index (χ3n) is 3.21. The van der Waals surface area contributed by atoms with Crippen LogP contribution in [0.5, 0.6) is 11.6 Å². The Labute approximate surface area is 123 Å². The average molecular weight is 280 g/mol. The van der Waals surface area contributed by atoms with Crippen molar-refractivity contribution in [3.8, 4) is 11.6 Å². The Morgan fingerprint density at radius 2 is 1.67 bits per heavy atom. The third-order valence-corrected chi connectivity index (χ3v) is 3.21. The molecule has 2 aromatic carbocycles. The first kappa shape index (κ1) is 13.4. The summed E-state index contributed by atoms with van der Waals surface area (Å²) in [5.41, 5.74) is 1.11. The van der Waals surface area contributed by atoms with Gasteiger partial charge >= 0.3 is 0 Å². The summed E-state index contributed by atoms with van der Waals surface area (Å²) in [6, 6.07) is 15.8. The molecule has 3 aromatic rings. The van der Waals surface area contributed by atoms with E-state index in [9.17, 15) is 0 Å². The topological polar surface area (TPSA) is 44.2 Å². The van der Waals surface area contributed by atoms with Crippen LogP contribution in [-0.4, -0.2) is 23.4 Å². The van der Waals surface area contributed by atoms with Crippen molar-refractivity contribution >= 4 is 10.8 Å². The number of hydrogen-bond donors (Lipinski definition) is 0. The first-order valence-corrected chi connectivity index (χ1v) is 6.86. The number of benzene rings is 2. The molecule has 3 rings (SSSR count). The Morgan fingerprint density at radius 3 is 2.57 bits per heavy atom. The Bertz CT molecular complexity index is 738. The standard InChI is InChI=1S/C17H16N2O2/c1-13-6-2-5-9-16(13)20-10-11-21-17-15-8-4-3-7-14(15)12-18-19-17/h2-9,12H,10-11H2,1H3. The van der Waals surface area contributed by atoms with E-state index in [0.717, 1.165) is 22.1 Å². The Kier molecular flexibility index (Phi) is 3.96. The zero-order valence-corrected chi connectivity index (χ0v) is 11.8. The predicted molar refractivity (Wildman–Crippen MR) is 81.7 cm³/mol. The molecular weight excluding hydrogens is 264 g/mol. The molecule has 21 heavy (non-hydrogen) atoms. The average Bonchev–Trinajstić information content (AvgIpc) is 2.53. The number of fused-ring (bicyclic) bond motifs is 1. The van der Waals surface area contributed by atoms with Gasteiger partial charge < -0.3 is 9.47 Å². The van der Waals surface area contributed by atoms with Crippen LogP contribution in [0.15, 0.2) is 54.7 Å². The van der Waals surface area contributed by atoms with E-state index in [4.69, 9.17) is 9.47 Å². The quantitative estimate of drug-likeness (QED) is 0.672. The summed E-state index contributed by atoms with van der Waals surface area (Å²) in [7, 11) is 0. The molecule has 0 bridgehead atoms. The number of nitrogens with zero attached hydrogens (tertiary/aromatic N) is 2. The van der Waals surface area contributed by atoms with Crippen LogP contribution in [0.1, 0.15) is 5.56 Å². The molecule has 1 heterocycles. The highest BCUT2D eigenvalue weighted by Gasteiger charge is 2.04. The molecule has 0 N–H and O–H groups in total. The third kappa shape index (κ3) is 3.11. The minimum Gasteiger partial charge on any atom is -0.490 e. The molecule has 0 aliphatic heterocycles. The normalized spacial score (nSPS) is 10.5. The maximum Gasteiger partial charge on any atom is 0.241 e. The van der Waals surface area contributed by atoms with Gasteiger partial charge in [-0.05, 0) is 24.6 Å². The highest BCUT2D eigenvalue weighted by atomic mass is 16.5. The number of ether oxygens (including phenoxy) is 2. The van der Waals surface area contributed by atoms with Crippen LogP contribution in [0, 0.1) is 6.92 Å². The van der Waals surface area contributed by atoms with Crippen LogP contribution in [0.2, 0.25) is 0 Å². The summed E-state index contributed by atoms with van der Waals surface area (Å²) < 4.78 is 11.4. The number of para-hydroxylation sites is 1. The van der Waals surface area contributed by atoms with Crippen LogP contribution >= 0.6 is 0 Å². The van der Waals surface area contributed by atoms with Crippen LogP contribution < -0.4 is 9.47 Å². The number of aromatic nitrogens is 2. The van der Waals surface area contributed by atoms with E-state index < -0.39 is 0 Å². The van der Waals surface area contributed by atoms with Crippen LogP contribution in [-0.2, 0) is 0 Å². The zero-order chi connectivity index (χ0) is 14.5. The number of aryl methyl sites for hydroxylation is 1. The molecule has 0 saturated carbocycles. The molecule has 0 atom stereocenters.